The maximum Gasteiger partial charge on any atom is 0.157 e. The number of hydrogen-bond donors (Lipinski definition) is 2. The van der Waals surface area contributed by atoms with Gasteiger partial charge in [0.05, 0.1) is 0 Å². The summed E-state index contributed by atoms with van der Waals surface area (Å²) in [6.45, 7) is 9.26. The summed E-state index contributed by atoms with van der Waals surface area (Å²) >= 11 is 1.29. The minimum Gasteiger partial charge on any atom is -0.382 e. The Kier molecular flexibility index (Phi) is 3.48. The van der Waals surface area contributed by atoms with Gasteiger partial charge < -0.3 is 11.1 Å². The van der Waals surface area contributed by atoms with Crippen molar-refractivity contribution in [3.8, 4) is 6.07 Å². The Bertz CT molecular complexity index is 494. The molecule has 1 aliphatic rings. The standard InChI is InChI=1S/C14H22N4S/c1-13(2)5-9(6-14(3,4)8-13)17-12-10(7-15)11(16)18-19-12/h9,17H,5-6,8H2,1-4H3,(H2,16,18). The molecule has 0 amide bonds. The van der Waals surface area contributed by atoms with Crippen molar-refractivity contribution in [1.29, 1.82) is 5.26 Å². The molecule has 104 valence electrons. The second-order valence-corrected chi connectivity index (χ2v) is 7.91. The van der Waals surface area contributed by atoms with Gasteiger partial charge in [-0.05, 0) is 41.6 Å². The van der Waals surface area contributed by atoms with Crippen LogP contribution in [-0.4, -0.2) is 10.4 Å². The van der Waals surface area contributed by atoms with Crippen LogP contribution in [0.2, 0.25) is 0 Å². The zero-order valence-electron chi connectivity index (χ0n) is 12.1. The molecule has 0 spiro atoms. The number of nitriles is 1. The van der Waals surface area contributed by atoms with Crippen LogP contribution in [0.25, 0.3) is 0 Å². The summed E-state index contributed by atoms with van der Waals surface area (Å²) in [5.74, 6) is 0.337. The van der Waals surface area contributed by atoms with Crippen molar-refractivity contribution in [2.45, 2.75) is 53.0 Å². The fraction of sp³-hybridized carbons (Fsp3) is 0.714. The Morgan fingerprint density at radius 3 is 2.42 bits per heavy atom. The van der Waals surface area contributed by atoms with Crippen LogP contribution in [0.3, 0.4) is 0 Å². The molecule has 0 unspecified atom stereocenters. The van der Waals surface area contributed by atoms with Gasteiger partial charge >= 0.3 is 0 Å². The van der Waals surface area contributed by atoms with Gasteiger partial charge in [0.15, 0.2) is 5.82 Å². The van der Waals surface area contributed by atoms with Crippen molar-refractivity contribution in [2.24, 2.45) is 10.8 Å². The summed E-state index contributed by atoms with van der Waals surface area (Å²) in [5.41, 5.74) is 6.84. The normalized spacial score (nSPS) is 21.8. The van der Waals surface area contributed by atoms with Gasteiger partial charge in [0, 0.05) is 6.04 Å². The highest BCUT2D eigenvalue weighted by molar-refractivity contribution is 7.10. The summed E-state index contributed by atoms with van der Waals surface area (Å²) in [6.07, 6.45) is 3.45. The van der Waals surface area contributed by atoms with Crippen LogP contribution in [0, 0.1) is 22.2 Å². The third-order valence-electron chi connectivity index (χ3n) is 3.72. The number of nitrogen functional groups attached to an aromatic ring is 1. The van der Waals surface area contributed by atoms with E-state index in [1.807, 2.05) is 0 Å². The molecule has 2 rings (SSSR count). The van der Waals surface area contributed by atoms with Gasteiger partial charge in [-0.15, -0.1) is 0 Å². The fourth-order valence-electron chi connectivity index (χ4n) is 3.64. The minimum atomic E-state index is 0.322. The number of nitrogens with zero attached hydrogens (tertiary/aromatic N) is 2. The second-order valence-electron chi connectivity index (χ2n) is 7.14. The quantitative estimate of drug-likeness (QED) is 0.866. The molecule has 1 aromatic heterocycles. The van der Waals surface area contributed by atoms with Gasteiger partial charge in [-0.3, -0.25) is 0 Å². The van der Waals surface area contributed by atoms with Crippen LogP contribution in [-0.2, 0) is 0 Å². The van der Waals surface area contributed by atoms with Crippen molar-refractivity contribution in [2.75, 3.05) is 11.1 Å². The van der Waals surface area contributed by atoms with E-state index in [4.69, 9.17) is 11.0 Å². The van der Waals surface area contributed by atoms with E-state index >= 15 is 0 Å². The van der Waals surface area contributed by atoms with Crippen molar-refractivity contribution >= 4 is 22.4 Å². The summed E-state index contributed by atoms with van der Waals surface area (Å²) in [5, 5.41) is 13.4. The summed E-state index contributed by atoms with van der Waals surface area (Å²) in [6, 6.07) is 2.52. The second kappa shape index (κ2) is 4.68. The molecule has 3 N–H and O–H groups in total. The summed E-state index contributed by atoms with van der Waals surface area (Å²) in [7, 11) is 0. The van der Waals surface area contributed by atoms with Crippen LogP contribution in [0.5, 0.6) is 0 Å². The first kappa shape index (κ1) is 14.1. The number of rotatable bonds is 2. The largest absolute Gasteiger partial charge is 0.382 e. The third-order valence-corrected chi connectivity index (χ3v) is 4.51. The molecule has 0 atom stereocenters. The molecule has 1 saturated carbocycles. The van der Waals surface area contributed by atoms with Gasteiger partial charge in [0.2, 0.25) is 0 Å². The van der Waals surface area contributed by atoms with Crippen LogP contribution in [0.15, 0.2) is 0 Å². The maximum atomic E-state index is 9.12. The Balaban J connectivity index is 2.17. The van der Waals surface area contributed by atoms with E-state index in [0.29, 0.717) is 28.3 Å². The summed E-state index contributed by atoms with van der Waals surface area (Å²) in [4.78, 5) is 0. The van der Waals surface area contributed by atoms with Crippen molar-refractivity contribution in [1.82, 2.24) is 4.37 Å². The maximum absolute atomic E-state index is 9.12. The Hall–Kier alpha value is -1.28. The van der Waals surface area contributed by atoms with Crippen LogP contribution >= 0.6 is 11.5 Å². The smallest absolute Gasteiger partial charge is 0.157 e. The predicted molar refractivity (Wildman–Crippen MR) is 80.1 cm³/mol. The van der Waals surface area contributed by atoms with Gasteiger partial charge in [-0.2, -0.15) is 9.64 Å². The van der Waals surface area contributed by atoms with Crippen LogP contribution in [0.4, 0.5) is 10.8 Å². The molecular weight excluding hydrogens is 256 g/mol. The highest BCUT2D eigenvalue weighted by Crippen LogP contribution is 2.46. The van der Waals surface area contributed by atoms with E-state index in [9.17, 15) is 0 Å². The first-order valence-electron chi connectivity index (χ1n) is 6.64. The third kappa shape index (κ3) is 3.19. The van der Waals surface area contributed by atoms with Crippen LogP contribution in [0.1, 0.15) is 52.5 Å². The Morgan fingerprint density at radius 2 is 1.89 bits per heavy atom. The minimum absolute atomic E-state index is 0.322. The average Bonchev–Trinajstić information content (AvgIpc) is 2.54. The lowest BCUT2D eigenvalue weighted by Crippen LogP contribution is -2.40. The topological polar surface area (TPSA) is 74.7 Å². The number of hydrogen-bond acceptors (Lipinski definition) is 5. The lowest BCUT2D eigenvalue weighted by Gasteiger charge is -2.45. The monoisotopic (exact) mass is 278 g/mol. The molecule has 19 heavy (non-hydrogen) atoms. The van der Waals surface area contributed by atoms with Gasteiger partial charge in [0.1, 0.15) is 16.6 Å². The molecule has 0 saturated heterocycles. The van der Waals surface area contributed by atoms with E-state index in [2.05, 4.69) is 43.5 Å². The molecule has 0 aromatic carbocycles. The van der Waals surface area contributed by atoms with Crippen molar-refractivity contribution in [3.05, 3.63) is 5.56 Å². The number of nitrogens with one attached hydrogen (secondary N) is 1. The zero-order valence-corrected chi connectivity index (χ0v) is 12.9. The highest BCUT2D eigenvalue weighted by atomic mass is 32.1. The van der Waals surface area contributed by atoms with E-state index in [1.54, 1.807) is 0 Å². The molecule has 1 aromatic rings. The van der Waals surface area contributed by atoms with E-state index in [0.717, 1.165) is 17.8 Å². The first-order chi connectivity index (χ1) is 8.72. The Labute approximate surface area is 119 Å². The van der Waals surface area contributed by atoms with Crippen LogP contribution < -0.4 is 11.1 Å². The molecular formula is C14H22N4S. The molecule has 1 fully saturated rings. The molecule has 0 radical (unpaired) electrons. The van der Waals surface area contributed by atoms with Gasteiger partial charge in [-0.25, -0.2) is 0 Å². The van der Waals surface area contributed by atoms with Crippen molar-refractivity contribution < 1.29 is 0 Å². The van der Waals surface area contributed by atoms with E-state index in [-0.39, 0.29) is 0 Å². The SMILES string of the molecule is CC1(C)CC(Nc2snc(N)c2C#N)CC(C)(C)C1. The Morgan fingerprint density at radius 1 is 1.32 bits per heavy atom. The van der Waals surface area contributed by atoms with E-state index in [1.165, 1.54) is 18.0 Å². The lowest BCUT2D eigenvalue weighted by molar-refractivity contribution is 0.105. The number of anilines is 2. The predicted octanol–water partition coefficient (Wildman–Crippen LogP) is 3.61. The van der Waals surface area contributed by atoms with Crippen molar-refractivity contribution in [3.63, 3.8) is 0 Å². The number of aromatic nitrogens is 1. The first-order valence-corrected chi connectivity index (χ1v) is 7.42. The molecule has 1 aliphatic carbocycles. The summed E-state index contributed by atoms with van der Waals surface area (Å²) < 4.78 is 4.06. The molecule has 4 nitrogen and oxygen atoms in total. The molecule has 1 heterocycles. The van der Waals surface area contributed by atoms with Gasteiger partial charge in [0.25, 0.3) is 0 Å². The highest BCUT2D eigenvalue weighted by Gasteiger charge is 2.38. The zero-order chi connectivity index (χ0) is 14.3. The fourth-order valence-corrected chi connectivity index (χ4v) is 4.38. The van der Waals surface area contributed by atoms with Gasteiger partial charge in [-0.1, -0.05) is 27.7 Å². The molecule has 0 bridgehead atoms. The average molecular weight is 278 g/mol. The molecule has 0 aliphatic heterocycles. The van der Waals surface area contributed by atoms with E-state index < -0.39 is 0 Å². The molecule has 5 heteroatoms. The number of nitrogens with two attached hydrogens (primary N) is 1. The lowest BCUT2D eigenvalue weighted by atomic mass is 9.63.